The standard InChI is InChI=1S/C8H8ClN5O/c1-2-15-7-5-6(11-4-3-10-5)12-8(13-7)14-9/h3-4H,2H2,1H3,(H,11,12,13,14). The maximum atomic E-state index is 5.42. The van der Waals surface area contributed by atoms with Crippen LogP contribution in [-0.4, -0.2) is 26.5 Å². The molecule has 78 valence electrons. The van der Waals surface area contributed by atoms with Crippen molar-refractivity contribution < 1.29 is 4.74 Å². The highest BCUT2D eigenvalue weighted by molar-refractivity contribution is 6.23. The molecule has 2 aromatic rings. The third-order valence-corrected chi connectivity index (χ3v) is 1.84. The Balaban J connectivity index is 2.63. The molecule has 0 saturated heterocycles. The summed E-state index contributed by atoms with van der Waals surface area (Å²) in [5.74, 6) is 0.617. The maximum absolute atomic E-state index is 5.42. The summed E-state index contributed by atoms with van der Waals surface area (Å²) in [4.78, 5) is 18.5. The zero-order chi connectivity index (χ0) is 10.7. The van der Waals surface area contributed by atoms with Gasteiger partial charge in [0.05, 0.1) is 6.61 Å². The lowest BCUT2D eigenvalue weighted by molar-refractivity contribution is 0.330. The van der Waals surface area contributed by atoms with Crippen LogP contribution >= 0.6 is 11.8 Å². The van der Waals surface area contributed by atoms with Crippen molar-refractivity contribution in [3.63, 3.8) is 0 Å². The predicted octanol–water partition coefficient (Wildman–Crippen LogP) is 1.38. The highest BCUT2D eigenvalue weighted by atomic mass is 35.5. The van der Waals surface area contributed by atoms with E-state index in [1.165, 1.54) is 0 Å². The first-order chi connectivity index (χ1) is 7.35. The Morgan fingerprint density at radius 3 is 2.87 bits per heavy atom. The van der Waals surface area contributed by atoms with E-state index in [2.05, 4.69) is 24.8 Å². The summed E-state index contributed by atoms with van der Waals surface area (Å²) in [6.45, 7) is 2.35. The molecule has 0 atom stereocenters. The minimum atomic E-state index is 0.244. The summed E-state index contributed by atoms with van der Waals surface area (Å²) in [6, 6.07) is 0. The number of hydrogen-bond acceptors (Lipinski definition) is 6. The van der Waals surface area contributed by atoms with Crippen LogP contribution in [0.15, 0.2) is 12.4 Å². The van der Waals surface area contributed by atoms with Crippen LogP contribution < -0.4 is 9.57 Å². The molecule has 0 aliphatic carbocycles. The smallest absolute Gasteiger partial charge is 0.247 e. The minimum absolute atomic E-state index is 0.244. The van der Waals surface area contributed by atoms with Crippen LogP contribution in [-0.2, 0) is 0 Å². The largest absolute Gasteiger partial charge is 0.476 e. The Labute approximate surface area is 90.8 Å². The van der Waals surface area contributed by atoms with Gasteiger partial charge >= 0.3 is 0 Å². The van der Waals surface area contributed by atoms with Gasteiger partial charge in [0.2, 0.25) is 11.8 Å². The molecule has 0 radical (unpaired) electrons. The number of aromatic nitrogens is 4. The van der Waals surface area contributed by atoms with Crippen molar-refractivity contribution in [3.05, 3.63) is 12.4 Å². The zero-order valence-electron chi connectivity index (χ0n) is 7.94. The van der Waals surface area contributed by atoms with Crippen molar-refractivity contribution in [2.75, 3.05) is 11.4 Å². The van der Waals surface area contributed by atoms with E-state index in [-0.39, 0.29) is 5.95 Å². The molecule has 0 fully saturated rings. The molecule has 0 amide bonds. The van der Waals surface area contributed by atoms with Crippen LogP contribution in [0.1, 0.15) is 6.92 Å². The average Bonchev–Trinajstić information content (AvgIpc) is 2.29. The molecule has 0 unspecified atom stereocenters. The molecule has 15 heavy (non-hydrogen) atoms. The lowest BCUT2D eigenvalue weighted by atomic mass is 10.5. The highest BCUT2D eigenvalue weighted by Gasteiger charge is 2.09. The van der Waals surface area contributed by atoms with E-state index in [0.717, 1.165) is 0 Å². The molecule has 0 saturated carbocycles. The minimum Gasteiger partial charge on any atom is -0.476 e. The number of ether oxygens (including phenoxy) is 1. The van der Waals surface area contributed by atoms with Crippen molar-refractivity contribution in [3.8, 4) is 5.88 Å². The summed E-state index contributed by atoms with van der Waals surface area (Å²) in [6.07, 6.45) is 3.10. The fourth-order valence-corrected chi connectivity index (χ4v) is 1.20. The van der Waals surface area contributed by atoms with Gasteiger partial charge in [0.15, 0.2) is 11.2 Å². The third kappa shape index (κ3) is 1.89. The molecule has 0 spiro atoms. The highest BCUT2D eigenvalue weighted by Crippen LogP contribution is 2.20. The van der Waals surface area contributed by atoms with Gasteiger partial charge in [-0.1, -0.05) is 0 Å². The van der Waals surface area contributed by atoms with E-state index in [4.69, 9.17) is 16.5 Å². The second-order valence-corrected chi connectivity index (χ2v) is 2.80. The maximum Gasteiger partial charge on any atom is 0.247 e. The molecule has 2 heterocycles. The van der Waals surface area contributed by atoms with Gasteiger partial charge in [-0.15, -0.1) is 0 Å². The first kappa shape index (κ1) is 9.85. The van der Waals surface area contributed by atoms with Gasteiger partial charge in [-0.05, 0) is 6.92 Å². The van der Waals surface area contributed by atoms with Crippen LogP contribution in [0.2, 0.25) is 0 Å². The van der Waals surface area contributed by atoms with Crippen molar-refractivity contribution in [1.29, 1.82) is 0 Å². The Morgan fingerprint density at radius 2 is 2.13 bits per heavy atom. The number of anilines is 1. The summed E-state index contributed by atoms with van der Waals surface area (Å²) in [5.41, 5.74) is 0.967. The van der Waals surface area contributed by atoms with Crippen LogP contribution in [0.4, 0.5) is 5.95 Å². The Kier molecular flexibility index (Phi) is 2.77. The van der Waals surface area contributed by atoms with Crippen LogP contribution in [0.3, 0.4) is 0 Å². The lowest BCUT2D eigenvalue weighted by Crippen LogP contribution is -2.01. The van der Waals surface area contributed by atoms with Gasteiger partial charge < -0.3 is 4.74 Å². The fourth-order valence-electron chi connectivity index (χ4n) is 1.12. The third-order valence-electron chi connectivity index (χ3n) is 1.67. The van der Waals surface area contributed by atoms with E-state index in [1.807, 2.05) is 6.92 Å². The second kappa shape index (κ2) is 4.22. The molecular formula is C8H8ClN5O. The van der Waals surface area contributed by atoms with E-state index in [0.29, 0.717) is 23.7 Å². The Morgan fingerprint density at radius 1 is 1.33 bits per heavy atom. The monoisotopic (exact) mass is 225 g/mol. The number of rotatable bonds is 3. The molecule has 0 aromatic carbocycles. The molecule has 7 heteroatoms. The van der Waals surface area contributed by atoms with Crippen LogP contribution in [0, 0.1) is 0 Å². The SMILES string of the molecule is CCOc1nc(NCl)nc2nccnc12. The molecule has 2 rings (SSSR count). The molecule has 2 aromatic heterocycles. The van der Waals surface area contributed by atoms with Gasteiger partial charge in [-0.25, -0.2) is 9.97 Å². The predicted molar refractivity (Wildman–Crippen MR) is 55.8 cm³/mol. The number of hydrogen-bond donors (Lipinski definition) is 1. The van der Waals surface area contributed by atoms with Crippen LogP contribution in [0.5, 0.6) is 5.88 Å². The van der Waals surface area contributed by atoms with E-state index in [1.54, 1.807) is 12.4 Å². The first-order valence-electron chi connectivity index (χ1n) is 4.33. The van der Waals surface area contributed by atoms with E-state index < -0.39 is 0 Å². The average molecular weight is 226 g/mol. The van der Waals surface area contributed by atoms with Crippen molar-refractivity contribution >= 4 is 28.9 Å². The molecule has 0 aliphatic rings. The van der Waals surface area contributed by atoms with Gasteiger partial charge in [0, 0.05) is 24.2 Å². The molecule has 0 bridgehead atoms. The summed E-state index contributed by atoms with van der Waals surface area (Å²) in [7, 11) is 0. The lowest BCUT2D eigenvalue weighted by Gasteiger charge is -2.05. The quantitative estimate of drug-likeness (QED) is 0.796. The van der Waals surface area contributed by atoms with Crippen molar-refractivity contribution in [2.24, 2.45) is 0 Å². The van der Waals surface area contributed by atoms with Gasteiger partial charge in [0.1, 0.15) is 0 Å². The number of fused-ring (bicyclic) bond motifs is 1. The Hall–Kier alpha value is -1.69. The zero-order valence-corrected chi connectivity index (χ0v) is 8.69. The van der Waals surface area contributed by atoms with Crippen molar-refractivity contribution in [1.82, 2.24) is 19.9 Å². The number of nitrogens with one attached hydrogen (secondary N) is 1. The topological polar surface area (TPSA) is 72.8 Å². The fraction of sp³-hybridized carbons (Fsp3) is 0.250. The van der Waals surface area contributed by atoms with Crippen LogP contribution in [0.25, 0.3) is 11.2 Å². The van der Waals surface area contributed by atoms with Gasteiger partial charge in [0.25, 0.3) is 0 Å². The molecule has 6 nitrogen and oxygen atoms in total. The normalized spacial score (nSPS) is 10.3. The van der Waals surface area contributed by atoms with E-state index in [9.17, 15) is 0 Å². The second-order valence-electron chi connectivity index (χ2n) is 2.61. The van der Waals surface area contributed by atoms with Crippen molar-refractivity contribution in [2.45, 2.75) is 6.92 Å². The molecule has 1 N–H and O–H groups in total. The summed E-state index contributed by atoms with van der Waals surface area (Å²) in [5, 5.41) is 0. The van der Waals surface area contributed by atoms with Gasteiger partial charge in [-0.2, -0.15) is 9.97 Å². The summed E-state index contributed by atoms with van der Waals surface area (Å²) >= 11 is 5.42. The van der Waals surface area contributed by atoms with Gasteiger partial charge in [-0.3, -0.25) is 4.84 Å². The first-order valence-corrected chi connectivity index (χ1v) is 4.71. The summed E-state index contributed by atoms with van der Waals surface area (Å²) < 4.78 is 5.31. The molecular weight excluding hydrogens is 218 g/mol. The number of nitrogens with zero attached hydrogens (tertiary/aromatic N) is 4. The molecule has 0 aliphatic heterocycles. The Bertz CT molecular complexity index is 478. The van der Waals surface area contributed by atoms with E-state index >= 15 is 0 Å². The number of halogens is 1.